The Morgan fingerprint density at radius 1 is 1.38 bits per heavy atom. The Balaban J connectivity index is 1.70. The van der Waals surface area contributed by atoms with Crippen LogP contribution in [0.25, 0.3) is 11.5 Å². The molecule has 1 aliphatic rings. The third-order valence-electron chi connectivity index (χ3n) is 4.19. The number of likely N-dealkylation sites (tertiary alicyclic amines) is 1. The predicted octanol–water partition coefficient (Wildman–Crippen LogP) is 2.04. The van der Waals surface area contributed by atoms with Crippen LogP contribution in [0.2, 0.25) is 0 Å². The fourth-order valence-electron chi connectivity index (χ4n) is 2.76. The molecule has 128 valence electrons. The molecule has 0 bridgehead atoms. The van der Waals surface area contributed by atoms with Gasteiger partial charge in [-0.3, -0.25) is 14.7 Å². The number of nitrogens with one attached hydrogen (secondary N) is 1. The lowest BCUT2D eigenvalue weighted by molar-refractivity contribution is -0.129. The molecule has 0 radical (unpaired) electrons. The first-order valence-electron chi connectivity index (χ1n) is 8.11. The van der Waals surface area contributed by atoms with Crippen molar-refractivity contribution in [3.63, 3.8) is 0 Å². The highest BCUT2D eigenvalue weighted by atomic mass is 16.5. The Kier molecular flexibility index (Phi) is 4.36. The molecule has 7 heteroatoms. The lowest BCUT2D eigenvalue weighted by Crippen LogP contribution is -2.42. The average Bonchev–Trinajstić information content (AvgIpc) is 3.14. The second kappa shape index (κ2) is 6.32. The van der Waals surface area contributed by atoms with Gasteiger partial charge in [0.1, 0.15) is 5.69 Å². The van der Waals surface area contributed by atoms with Gasteiger partial charge in [0.25, 0.3) is 0 Å². The van der Waals surface area contributed by atoms with Crippen LogP contribution in [0.15, 0.2) is 28.9 Å². The average molecular weight is 329 g/mol. The maximum Gasteiger partial charge on any atom is 0.244 e. The smallest absolute Gasteiger partial charge is 0.244 e. The number of nitrogens with zero attached hydrogens (tertiary/aromatic N) is 4. The summed E-state index contributed by atoms with van der Waals surface area (Å²) in [7, 11) is 2.00. The molecule has 0 aromatic carbocycles. The lowest BCUT2D eigenvalue weighted by Gasteiger charge is -2.21. The minimum Gasteiger partial charge on any atom is -0.352 e. The van der Waals surface area contributed by atoms with E-state index in [-0.39, 0.29) is 18.0 Å². The van der Waals surface area contributed by atoms with Gasteiger partial charge in [-0.15, -0.1) is 0 Å². The van der Waals surface area contributed by atoms with Crippen molar-refractivity contribution in [1.29, 1.82) is 0 Å². The topological polar surface area (TPSA) is 84.2 Å². The molecule has 1 saturated heterocycles. The fourth-order valence-corrected chi connectivity index (χ4v) is 2.76. The number of rotatable bonds is 3. The summed E-state index contributed by atoms with van der Waals surface area (Å²) < 4.78 is 5.44. The van der Waals surface area contributed by atoms with Crippen molar-refractivity contribution in [2.75, 3.05) is 13.6 Å². The van der Waals surface area contributed by atoms with E-state index in [1.165, 1.54) is 0 Å². The Morgan fingerprint density at radius 2 is 2.17 bits per heavy atom. The van der Waals surface area contributed by atoms with E-state index in [4.69, 9.17) is 4.52 Å². The molecular weight excluding hydrogens is 306 g/mol. The molecule has 2 aromatic rings. The molecular formula is C17H23N5O2. The molecule has 1 fully saturated rings. The highest BCUT2D eigenvalue weighted by Crippen LogP contribution is 2.31. The molecule has 1 amide bonds. The number of aromatic nitrogens is 3. The molecule has 0 spiro atoms. The molecule has 0 saturated carbocycles. The number of likely N-dealkylation sites (N-methyl/N-ethyl adjacent to an activating group) is 1. The highest BCUT2D eigenvalue weighted by molar-refractivity contribution is 5.81. The zero-order chi connectivity index (χ0) is 17.3. The summed E-state index contributed by atoms with van der Waals surface area (Å²) >= 11 is 0. The zero-order valence-electron chi connectivity index (χ0n) is 14.5. The SMILES string of the molecule is CN1CC(NC(=O)C(C)(C)C)CC1c1nc(-c2ccccn2)no1. The summed E-state index contributed by atoms with van der Waals surface area (Å²) in [5, 5.41) is 7.13. The summed E-state index contributed by atoms with van der Waals surface area (Å²) in [6.07, 6.45) is 2.45. The highest BCUT2D eigenvalue weighted by Gasteiger charge is 2.36. The molecule has 1 aliphatic heterocycles. The number of carbonyl (C=O) groups is 1. The van der Waals surface area contributed by atoms with Crippen molar-refractivity contribution in [2.45, 2.75) is 39.3 Å². The zero-order valence-corrected chi connectivity index (χ0v) is 14.5. The van der Waals surface area contributed by atoms with Crippen LogP contribution < -0.4 is 5.32 Å². The summed E-state index contributed by atoms with van der Waals surface area (Å²) in [6, 6.07) is 5.66. The fraction of sp³-hybridized carbons (Fsp3) is 0.529. The minimum atomic E-state index is -0.396. The second-order valence-corrected chi connectivity index (χ2v) is 7.28. The molecule has 3 rings (SSSR count). The number of hydrogen-bond donors (Lipinski definition) is 1. The normalized spacial score (nSPS) is 21.8. The first kappa shape index (κ1) is 16.6. The van der Waals surface area contributed by atoms with E-state index in [9.17, 15) is 4.79 Å². The maximum atomic E-state index is 12.2. The third kappa shape index (κ3) is 3.46. The molecule has 24 heavy (non-hydrogen) atoms. The van der Waals surface area contributed by atoms with E-state index in [1.807, 2.05) is 46.0 Å². The molecule has 1 N–H and O–H groups in total. The number of pyridine rings is 1. The van der Waals surface area contributed by atoms with Crippen LogP contribution in [0.3, 0.4) is 0 Å². The molecule has 2 unspecified atom stereocenters. The van der Waals surface area contributed by atoms with Gasteiger partial charge in [-0.25, -0.2) is 0 Å². The van der Waals surface area contributed by atoms with Crippen molar-refractivity contribution >= 4 is 5.91 Å². The first-order chi connectivity index (χ1) is 11.3. The van der Waals surface area contributed by atoms with E-state index in [1.54, 1.807) is 6.20 Å². The van der Waals surface area contributed by atoms with E-state index >= 15 is 0 Å². The van der Waals surface area contributed by atoms with Crippen molar-refractivity contribution in [3.8, 4) is 11.5 Å². The predicted molar refractivity (Wildman–Crippen MR) is 88.9 cm³/mol. The second-order valence-electron chi connectivity index (χ2n) is 7.28. The van der Waals surface area contributed by atoms with Crippen molar-refractivity contribution in [1.82, 2.24) is 25.3 Å². The van der Waals surface area contributed by atoms with Crippen molar-refractivity contribution in [3.05, 3.63) is 30.3 Å². The van der Waals surface area contributed by atoms with Gasteiger partial charge in [0.15, 0.2) is 0 Å². The third-order valence-corrected chi connectivity index (χ3v) is 4.19. The van der Waals surface area contributed by atoms with Gasteiger partial charge < -0.3 is 9.84 Å². The monoisotopic (exact) mass is 329 g/mol. The van der Waals surface area contributed by atoms with Crippen LogP contribution in [0.5, 0.6) is 0 Å². The Labute approximate surface area is 141 Å². The summed E-state index contributed by atoms with van der Waals surface area (Å²) in [6.45, 7) is 6.49. The van der Waals surface area contributed by atoms with Crippen molar-refractivity contribution < 1.29 is 9.32 Å². The summed E-state index contributed by atoms with van der Waals surface area (Å²) in [5.41, 5.74) is 0.290. The standard InChI is InChI=1S/C17H23N5O2/c1-17(2,3)16(23)19-11-9-13(22(4)10-11)15-20-14(21-24-15)12-7-5-6-8-18-12/h5-8,11,13H,9-10H2,1-4H3,(H,19,23). The molecule has 0 aliphatic carbocycles. The van der Waals surface area contributed by atoms with E-state index < -0.39 is 5.41 Å². The summed E-state index contributed by atoms with van der Waals surface area (Å²) in [5.74, 6) is 1.10. The Bertz CT molecular complexity index is 707. The van der Waals surface area contributed by atoms with Crippen LogP contribution in [-0.4, -0.2) is 45.6 Å². The Morgan fingerprint density at radius 3 is 2.83 bits per heavy atom. The number of carbonyl (C=O) groups excluding carboxylic acids is 1. The van der Waals surface area contributed by atoms with Crippen LogP contribution in [0.4, 0.5) is 0 Å². The number of amides is 1. The van der Waals surface area contributed by atoms with Gasteiger partial charge in [0.2, 0.25) is 17.6 Å². The van der Waals surface area contributed by atoms with E-state index in [2.05, 4.69) is 25.3 Å². The minimum absolute atomic E-state index is 0.000214. The van der Waals surface area contributed by atoms with Gasteiger partial charge in [0.05, 0.1) is 6.04 Å². The van der Waals surface area contributed by atoms with Crippen LogP contribution in [0.1, 0.15) is 39.1 Å². The molecule has 2 aromatic heterocycles. The van der Waals surface area contributed by atoms with Gasteiger partial charge in [-0.05, 0) is 25.6 Å². The maximum absolute atomic E-state index is 12.2. The number of hydrogen-bond acceptors (Lipinski definition) is 6. The van der Waals surface area contributed by atoms with Gasteiger partial charge >= 0.3 is 0 Å². The first-order valence-corrected chi connectivity index (χ1v) is 8.11. The lowest BCUT2D eigenvalue weighted by atomic mass is 9.95. The van der Waals surface area contributed by atoms with E-state index in [0.717, 1.165) is 13.0 Å². The summed E-state index contributed by atoms with van der Waals surface area (Å²) in [4.78, 5) is 23.0. The van der Waals surface area contributed by atoms with Crippen LogP contribution in [0, 0.1) is 5.41 Å². The molecule has 3 heterocycles. The largest absolute Gasteiger partial charge is 0.352 e. The molecule has 2 atom stereocenters. The van der Waals surface area contributed by atoms with Gasteiger partial charge in [-0.1, -0.05) is 32.0 Å². The Hall–Kier alpha value is -2.28. The van der Waals surface area contributed by atoms with Gasteiger partial charge in [-0.2, -0.15) is 4.98 Å². The van der Waals surface area contributed by atoms with Crippen LogP contribution in [-0.2, 0) is 4.79 Å². The van der Waals surface area contributed by atoms with Crippen molar-refractivity contribution in [2.24, 2.45) is 5.41 Å². The van der Waals surface area contributed by atoms with Crippen LogP contribution >= 0.6 is 0 Å². The quantitative estimate of drug-likeness (QED) is 0.927. The van der Waals surface area contributed by atoms with E-state index in [0.29, 0.717) is 17.4 Å². The molecule has 7 nitrogen and oxygen atoms in total. The van der Waals surface area contributed by atoms with Gasteiger partial charge in [0, 0.05) is 24.2 Å².